The van der Waals surface area contributed by atoms with Crippen molar-refractivity contribution in [3.63, 3.8) is 0 Å². The second kappa shape index (κ2) is 9.55. The molecule has 2 rings (SSSR count). The van der Waals surface area contributed by atoms with E-state index in [2.05, 4.69) is 15.6 Å². The number of aryl methyl sites for hydroxylation is 1. The lowest BCUT2D eigenvalue weighted by Gasteiger charge is -2.10. The Morgan fingerprint density at radius 1 is 1.56 bits per heavy atom. The number of rotatable bonds is 5. The average Bonchev–Trinajstić information content (AvgIpc) is 2.96. The maximum absolute atomic E-state index is 11.5. The lowest BCUT2D eigenvalue weighted by atomic mass is 10.2. The molecule has 1 amide bonds. The van der Waals surface area contributed by atoms with Crippen LogP contribution < -0.4 is 10.6 Å². The second-order valence-corrected chi connectivity index (χ2v) is 4.80. The molecular formula is C11H19Cl2N3OS. The van der Waals surface area contributed by atoms with Gasteiger partial charge in [0.15, 0.2) is 0 Å². The highest BCUT2D eigenvalue weighted by molar-refractivity contribution is 7.07. The Kier molecular flexibility index (Phi) is 9.36. The molecule has 1 aliphatic rings. The van der Waals surface area contributed by atoms with Crippen LogP contribution in [0.2, 0.25) is 0 Å². The summed E-state index contributed by atoms with van der Waals surface area (Å²) in [5.41, 5.74) is 2.81. The van der Waals surface area contributed by atoms with Crippen molar-refractivity contribution in [3.05, 3.63) is 16.6 Å². The summed E-state index contributed by atoms with van der Waals surface area (Å²) in [5.74, 6) is 0.127. The van der Waals surface area contributed by atoms with Crippen molar-refractivity contribution in [1.82, 2.24) is 15.6 Å². The summed E-state index contributed by atoms with van der Waals surface area (Å²) in [4.78, 5) is 15.7. The van der Waals surface area contributed by atoms with Crippen LogP contribution in [0.3, 0.4) is 0 Å². The van der Waals surface area contributed by atoms with Crippen LogP contribution in [0.5, 0.6) is 0 Å². The predicted octanol–water partition coefficient (Wildman–Crippen LogP) is 1.79. The minimum atomic E-state index is 0. The number of thiazole rings is 1. The van der Waals surface area contributed by atoms with Crippen LogP contribution in [-0.4, -0.2) is 30.0 Å². The minimum Gasteiger partial charge on any atom is -0.355 e. The van der Waals surface area contributed by atoms with Crippen LogP contribution in [0.4, 0.5) is 0 Å². The standard InChI is InChI=1S/C11H17N3OS.2ClH/c15-11(4-3-10-7-16-8-14-10)13-6-9-2-1-5-12-9;;/h7-9,12H,1-6H2,(H,13,15);2*1H. The molecule has 4 nitrogen and oxygen atoms in total. The molecule has 1 aromatic rings. The number of halogens is 2. The summed E-state index contributed by atoms with van der Waals surface area (Å²) in [6.45, 7) is 1.84. The molecule has 0 bridgehead atoms. The molecule has 1 unspecified atom stereocenters. The van der Waals surface area contributed by atoms with Gasteiger partial charge in [-0.15, -0.1) is 36.2 Å². The molecule has 0 aromatic carbocycles. The van der Waals surface area contributed by atoms with E-state index >= 15 is 0 Å². The Morgan fingerprint density at radius 2 is 2.39 bits per heavy atom. The van der Waals surface area contributed by atoms with Crippen molar-refractivity contribution in [1.29, 1.82) is 0 Å². The first-order valence-electron chi connectivity index (χ1n) is 5.72. The minimum absolute atomic E-state index is 0. The van der Waals surface area contributed by atoms with E-state index in [1.165, 1.54) is 12.8 Å². The summed E-state index contributed by atoms with van der Waals surface area (Å²) < 4.78 is 0. The normalized spacial score (nSPS) is 17.7. The van der Waals surface area contributed by atoms with Crippen LogP contribution in [0, 0.1) is 0 Å². The fourth-order valence-corrected chi connectivity index (χ4v) is 2.45. The number of hydrogen-bond acceptors (Lipinski definition) is 4. The van der Waals surface area contributed by atoms with Crippen LogP contribution >= 0.6 is 36.2 Å². The first kappa shape index (κ1) is 17.6. The molecule has 18 heavy (non-hydrogen) atoms. The molecular weight excluding hydrogens is 293 g/mol. The summed E-state index contributed by atoms with van der Waals surface area (Å²) in [7, 11) is 0. The van der Waals surface area contributed by atoms with Gasteiger partial charge in [-0.25, -0.2) is 4.98 Å². The van der Waals surface area contributed by atoms with E-state index in [9.17, 15) is 4.79 Å². The Bertz CT molecular complexity index is 329. The molecule has 0 radical (unpaired) electrons. The lowest BCUT2D eigenvalue weighted by molar-refractivity contribution is -0.121. The largest absolute Gasteiger partial charge is 0.355 e. The van der Waals surface area contributed by atoms with Gasteiger partial charge in [0.1, 0.15) is 0 Å². The molecule has 1 saturated heterocycles. The lowest BCUT2D eigenvalue weighted by Crippen LogP contribution is -2.37. The number of aromatic nitrogens is 1. The first-order valence-corrected chi connectivity index (χ1v) is 6.66. The molecule has 0 saturated carbocycles. The maximum Gasteiger partial charge on any atom is 0.220 e. The summed E-state index contributed by atoms with van der Waals surface area (Å²) in [6, 6.07) is 0.475. The van der Waals surface area contributed by atoms with E-state index in [0.717, 1.165) is 25.2 Å². The van der Waals surface area contributed by atoms with Crippen molar-refractivity contribution < 1.29 is 4.79 Å². The molecule has 0 aliphatic carbocycles. The summed E-state index contributed by atoms with van der Waals surface area (Å²) in [5, 5.41) is 8.31. The number of amides is 1. The van der Waals surface area contributed by atoms with Gasteiger partial charge in [0, 0.05) is 24.4 Å². The molecule has 1 atom stereocenters. The quantitative estimate of drug-likeness (QED) is 0.871. The molecule has 2 N–H and O–H groups in total. The zero-order chi connectivity index (χ0) is 11.2. The third-order valence-electron chi connectivity index (χ3n) is 2.80. The van der Waals surface area contributed by atoms with Gasteiger partial charge < -0.3 is 10.6 Å². The van der Waals surface area contributed by atoms with Gasteiger partial charge in [-0.2, -0.15) is 0 Å². The molecule has 1 aromatic heterocycles. The van der Waals surface area contributed by atoms with Gasteiger partial charge in [-0.05, 0) is 25.8 Å². The summed E-state index contributed by atoms with van der Waals surface area (Å²) in [6.07, 6.45) is 3.68. The van der Waals surface area contributed by atoms with E-state index in [1.807, 2.05) is 5.38 Å². The van der Waals surface area contributed by atoms with E-state index in [0.29, 0.717) is 12.5 Å². The predicted molar refractivity (Wildman–Crippen MR) is 79.0 cm³/mol. The number of carbonyl (C=O) groups excluding carboxylic acids is 1. The van der Waals surface area contributed by atoms with Crippen molar-refractivity contribution >= 4 is 42.1 Å². The van der Waals surface area contributed by atoms with E-state index in [-0.39, 0.29) is 30.7 Å². The molecule has 104 valence electrons. The fraction of sp³-hybridized carbons (Fsp3) is 0.636. The van der Waals surface area contributed by atoms with Crippen LogP contribution in [-0.2, 0) is 11.2 Å². The van der Waals surface area contributed by atoms with E-state index < -0.39 is 0 Å². The average molecular weight is 312 g/mol. The molecule has 2 heterocycles. The number of nitrogens with zero attached hydrogens (tertiary/aromatic N) is 1. The van der Waals surface area contributed by atoms with Crippen LogP contribution in [0.25, 0.3) is 0 Å². The highest BCUT2D eigenvalue weighted by Crippen LogP contribution is 2.05. The first-order chi connectivity index (χ1) is 7.84. The Balaban J connectivity index is 0.00000144. The van der Waals surface area contributed by atoms with Crippen LogP contribution in [0.1, 0.15) is 25.0 Å². The smallest absolute Gasteiger partial charge is 0.220 e. The topological polar surface area (TPSA) is 54.0 Å². The maximum atomic E-state index is 11.5. The van der Waals surface area contributed by atoms with E-state index in [4.69, 9.17) is 0 Å². The van der Waals surface area contributed by atoms with Gasteiger partial charge in [0.05, 0.1) is 11.2 Å². The van der Waals surface area contributed by atoms with Gasteiger partial charge >= 0.3 is 0 Å². The zero-order valence-electron chi connectivity index (χ0n) is 10.1. The number of hydrogen-bond donors (Lipinski definition) is 2. The van der Waals surface area contributed by atoms with Gasteiger partial charge in [-0.3, -0.25) is 4.79 Å². The third-order valence-corrected chi connectivity index (χ3v) is 3.43. The highest BCUT2D eigenvalue weighted by Gasteiger charge is 2.14. The second-order valence-electron chi connectivity index (χ2n) is 4.08. The van der Waals surface area contributed by atoms with Gasteiger partial charge in [0.2, 0.25) is 5.91 Å². The van der Waals surface area contributed by atoms with Crippen molar-refractivity contribution in [2.24, 2.45) is 0 Å². The monoisotopic (exact) mass is 311 g/mol. The third kappa shape index (κ3) is 6.00. The fourth-order valence-electron chi connectivity index (χ4n) is 1.86. The van der Waals surface area contributed by atoms with Gasteiger partial charge in [-0.1, -0.05) is 0 Å². The van der Waals surface area contributed by atoms with Crippen LogP contribution in [0.15, 0.2) is 10.9 Å². The Hall–Kier alpha value is -0.360. The Labute approximate surface area is 124 Å². The molecule has 1 fully saturated rings. The van der Waals surface area contributed by atoms with Crippen molar-refractivity contribution in [2.45, 2.75) is 31.7 Å². The zero-order valence-corrected chi connectivity index (χ0v) is 12.5. The summed E-state index contributed by atoms with van der Waals surface area (Å²) >= 11 is 1.57. The molecule has 1 aliphatic heterocycles. The van der Waals surface area contributed by atoms with Gasteiger partial charge in [0.25, 0.3) is 0 Å². The molecule has 7 heteroatoms. The van der Waals surface area contributed by atoms with E-state index in [1.54, 1.807) is 16.8 Å². The number of nitrogens with one attached hydrogen (secondary N) is 2. The van der Waals surface area contributed by atoms with Crippen molar-refractivity contribution in [2.75, 3.05) is 13.1 Å². The Morgan fingerprint density at radius 3 is 3.00 bits per heavy atom. The molecule has 0 spiro atoms. The van der Waals surface area contributed by atoms with Crippen molar-refractivity contribution in [3.8, 4) is 0 Å². The highest BCUT2D eigenvalue weighted by atomic mass is 35.5. The SMILES string of the molecule is Cl.Cl.O=C(CCc1cscn1)NCC1CCCN1. The number of carbonyl (C=O) groups is 1.